The first kappa shape index (κ1) is 12.2. The Bertz CT molecular complexity index is 504. The minimum Gasteiger partial charge on any atom is -0.146 e. The van der Waals surface area contributed by atoms with Crippen molar-refractivity contribution in [2.45, 2.75) is 19.2 Å². The molecule has 2 aromatic rings. The first-order valence-electron chi connectivity index (χ1n) is 5.04. The number of aryl methyl sites for hydroxylation is 1. The predicted molar refractivity (Wildman–Crippen MR) is 75.6 cm³/mol. The highest BCUT2D eigenvalue weighted by Gasteiger charge is 2.17. The van der Waals surface area contributed by atoms with Crippen molar-refractivity contribution in [1.82, 2.24) is 0 Å². The summed E-state index contributed by atoms with van der Waals surface area (Å²) in [5.41, 5.74) is 3.77. The van der Waals surface area contributed by atoms with Crippen molar-refractivity contribution in [3.8, 4) is 0 Å². The van der Waals surface area contributed by atoms with Gasteiger partial charge in [-0.1, -0.05) is 18.2 Å². The molecule has 0 N–H and O–H groups in total. The van der Waals surface area contributed by atoms with Crippen LogP contribution in [0.3, 0.4) is 0 Å². The van der Waals surface area contributed by atoms with Gasteiger partial charge in [0.15, 0.2) is 0 Å². The van der Waals surface area contributed by atoms with Crippen LogP contribution in [0.25, 0.3) is 0 Å². The third-order valence-electron chi connectivity index (χ3n) is 2.79. The molecule has 0 radical (unpaired) electrons. The monoisotopic (exact) mass is 314 g/mol. The van der Waals surface area contributed by atoms with E-state index in [0.717, 1.165) is 4.47 Å². The second-order valence-corrected chi connectivity index (χ2v) is 6.02. The summed E-state index contributed by atoms with van der Waals surface area (Å²) in [6, 6.07) is 8.33. The molecule has 0 bridgehead atoms. The molecule has 0 aliphatic rings. The zero-order valence-electron chi connectivity index (χ0n) is 9.13. The SMILES string of the molecule is Cc1cccc(C(Cl)c2sccc2Br)c1C. The van der Waals surface area contributed by atoms with E-state index in [-0.39, 0.29) is 5.38 Å². The molecule has 0 saturated heterocycles. The number of thiophene rings is 1. The first-order valence-corrected chi connectivity index (χ1v) is 7.15. The van der Waals surface area contributed by atoms with Gasteiger partial charge < -0.3 is 0 Å². The van der Waals surface area contributed by atoms with Crippen LogP contribution in [0.4, 0.5) is 0 Å². The lowest BCUT2D eigenvalue weighted by atomic mass is 10.0. The highest BCUT2D eigenvalue weighted by Crippen LogP contribution is 2.39. The third kappa shape index (κ3) is 2.20. The van der Waals surface area contributed by atoms with Crippen molar-refractivity contribution in [3.05, 3.63) is 55.7 Å². The molecule has 0 aliphatic heterocycles. The Hall–Kier alpha value is -0.310. The highest BCUT2D eigenvalue weighted by atomic mass is 79.9. The Morgan fingerprint density at radius 2 is 2.00 bits per heavy atom. The normalized spacial score (nSPS) is 12.8. The molecular formula is C13H12BrClS. The van der Waals surface area contributed by atoms with Gasteiger partial charge in [-0.15, -0.1) is 22.9 Å². The fraction of sp³-hybridized carbons (Fsp3) is 0.231. The standard InChI is InChI=1S/C13H12BrClS/c1-8-4-3-5-10(9(8)2)12(15)13-11(14)6-7-16-13/h3-7,12H,1-2H3. The molecule has 0 fully saturated rings. The summed E-state index contributed by atoms with van der Waals surface area (Å²) in [5.74, 6) is 0. The van der Waals surface area contributed by atoms with Crippen LogP contribution in [0.1, 0.15) is 26.9 Å². The van der Waals surface area contributed by atoms with Gasteiger partial charge in [0, 0.05) is 9.35 Å². The highest BCUT2D eigenvalue weighted by molar-refractivity contribution is 9.10. The third-order valence-corrected chi connectivity index (χ3v) is 5.31. The molecule has 1 unspecified atom stereocenters. The van der Waals surface area contributed by atoms with Gasteiger partial charge in [0.05, 0.1) is 5.38 Å². The molecule has 0 spiro atoms. The largest absolute Gasteiger partial charge is 0.146 e. The molecule has 0 amide bonds. The number of rotatable bonds is 2. The predicted octanol–water partition coefficient (Wildman–Crippen LogP) is 5.46. The maximum absolute atomic E-state index is 6.54. The molecular weight excluding hydrogens is 304 g/mol. The van der Waals surface area contributed by atoms with Crippen LogP contribution in [-0.2, 0) is 0 Å². The Kier molecular flexibility index (Phi) is 3.73. The lowest BCUT2D eigenvalue weighted by Crippen LogP contribution is -1.96. The molecule has 1 aromatic carbocycles. The number of hydrogen-bond donors (Lipinski definition) is 0. The van der Waals surface area contributed by atoms with Gasteiger partial charge in [-0.3, -0.25) is 0 Å². The summed E-state index contributed by atoms with van der Waals surface area (Å²) in [5, 5.41) is 1.99. The molecule has 1 heterocycles. The molecule has 3 heteroatoms. The Morgan fingerprint density at radius 1 is 1.25 bits per heavy atom. The van der Waals surface area contributed by atoms with Gasteiger partial charge in [0.1, 0.15) is 0 Å². The van der Waals surface area contributed by atoms with Gasteiger partial charge in [-0.05, 0) is 57.9 Å². The Balaban J connectivity index is 2.46. The van der Waals surface area contributed by atoms with Crippen LogP contribution >= 0.6 is 38.9 Å². The molecule has 0 nitrogen and oxygen atoms in total. The molecule has 84 valence electrons. The Labute approximate surface area is 113 Å². The van der Waals surface area contributed by atoms with Crippen molar-refractivity contribution in [1.29, 1.82) is 0 Å². The van der Waals surface area contributed by atoms with E-state index in [0.29, 0.717) is 0 Å². The average molecular weight is 316 g/mol. The van der Waals surface area contributed by atoms with Crippen molar-refractivity contribution < 1.29 is 0 Å². The summed E-state index contributed by atoms with van der Waals surface area (Å²) in [6.07, 6.45) is 0. The van der Waals surface area contributed by atoms with Crippen LogP contribution in [0.5, 0.6) is 0 Å². The van der Waals surface area contributed by atoms with Gasteiger partial charge in [0.25, 0.3) is 0 Å². The van der Waals surface area contributed by atoms with Crippen LogP contribution < -0.4 is 0 Å². The topological polar surface area (TPSA) is 0 Å². The van der Waals surface area contributed by atoms with Gasteiger partial charge in [-0.25, -0.2) is 0 Å². The lowest BCUT2D eigenvalue weighted by Gasteiger charge is -2.13. The average Bonchev–Trinajstić information content (AvgIpc) is 2.68. The van der Waals surface area contributed by atoms with E-state index in [1.165, 1.54) is 21.6 Å². The number of halogens is 2. The fourth-order valence-electron chi connectivity index (χ4n) is 1.68. The van der Waals surface area contributed by atoms with E-state index >= 15 is 0 Å². The van der Waals surface area contributed by atoms with Crippen molar-refractivity contribution in [3.63, 3.8) is 0 Å². The van der Waals surface area contributed by atoms with Crippen molar-refractivity contribution >= 4 is 38.9 Å². The molecule has 1 aromatic heterocycles. The molecule has 1 atom stereocenters. The van der Waals surface area contributed by atoms with Crippen LogP contribution in [0.2, 0.25) is 0 Å². The molecule has 0 saturated carbocycles. The minimum atomic E-state index is -0.0609. The summed E-state index contributed by atoms with van der Waals surface area (Å²) in [6.45, 7) is 4.24. The quantitative estimate of drug-likeness (QED) is 0.646. The summed E-state index contributed by atoms with van der Waals surface area (Å²) in [4.78, 5) is 1.18. The van der Waals surface area contributed by atoms with E-state index in [9.17, 15) is 0 Å². The summed E-state index contributed by atoms with van der Waals surface area (Å²) >= 11 is 11.8. The Morgan fingerprint density at radius 3 is 2.62 bits per heavy atom. The molecule has 16 heavy (non-hydrogen) atoms. The molecule has 0 aliphatic carbocycles. The van der Waals surface area contributed by atoms with E-state index in [1.807, 2.05) is 6.07 Å². The number of alkyl halides is 1. The van der Waals surface area contributed by atoms with Crippen LogP contribution in [0.15, 0.2) is 34.1 Å². The van der Waals surface area contributed by atoms with Crippen LogP contribution in [0, 0.1) is 13.8 Å². The van der Waals surface area contributed by atoms with Gasteiger partial charge in [-0.2, -0.15) is 0 Å². The van der Waals surface area contributed by atoms with Gasteiger partial charge in [0.2, 0.25) is 0 Å². The zero-order valence-corrected chi connectivity index (χ0v) is 12.3. The maximum atomic E-state index is 6.54. The fourth-order valence-corrected chi connectivity index (χ4v) is 3.91. The van der Waals surface area contributed by atoms with E-state index in [1.54, 1.807) is 11.3 Å². The van der Waals surface area contributed by atoms with E-state index in [2.05, 4.69) is 53.4 Å². The second-order valence-electron chi connectivity index (χ2n) is 3.78. The van der Waals surface area contributed by atoms with Crippen molar-refractivity contribution in [2.24, 2.45) is 0 Å². The zero-order chi connectivity index (χ0) is 11.7. The van der Waals surface area contributed by atoms with Crippen molar-refractivity contribution in [2.75, 3.05) is 0 Å². The van der Waals surface area contributed by atoms with E-state index < -0.39 is 0 Å². The summed E-state index contributed by atoms with van der Waals surface area (Å²) in [7, 11) is 0. The molecule has 2 rings (SSSR count). The summed E-state index contributed by atoms with van der Waals surface area (Å²) < 4.78 is 1.10. The number of benzene rings is 1. The van der Waals surface area contributed by atoms with Gasteiger partial charge >= 0.3 is 0 Å². The van der Waals surface area contributed by atoms with Crippen LogP contribution in [-0.4, -0.2) is 0 Å². The lowest BCUT2D eigenvalue weighted by molar-refractivity contribution is 1.12. The first-order chi connectivity index (χ1) is 7.61. The smallest absolute Gasteiger partial charge is 0.0941 e. The number of hydrogen-bond acceptors (Lipinski definition) is 1. The minimum absolute atomic E-state index is 0.0609. The maximum Gasteiger partial charge on any atom is 0.0941 e. The van der Waals surface area contributed by atoms with E-state index in [4.69, 9.17) is 11.6 Å². The second kappa shape index (κ2) is 4.91.